The summed E-state index contributed by atoms with van der Waals surface area (Å²) in [7, 11) is 0. The zero-order valence-electron chi connectivity index (χ0n) is 14.0. The van der Waals surface area contributed by atoms with Crippen LogP contribution in [0.3, 0.4) is 0 Å². The molecule has 0 bridgehead atoms. The second kappa shape index (κ2) is 8.89. The third kappa shape index (κ3) is 5.52. The fourth-order valence-corrected chi connectivity index (χ4v) is 2.85. The highest BCUT2D eigenvalue weighted by Gasteiger charge is 2.21. The number of nitrogens with zero attached hydrogens (tertiary/aromatic N) is 1. The lowest BCUT2D eigenvalue weighted by Crippen LogP contribution is -2.43. The third-order valence-electron chi connectivity index (χ3n) is 4.19. The highest BCUT2D eigenvalue weighted by molar-refractivity contribution is 5.89. The van der Waals surface area contributed by atoms with Gasteiger partial charge in [0, 0.05) is 12.6 Å². The van der Waals surface area contributed by atoms with E-state index in [9.17, 15) is 9.90 Å². The Morgan fingerprint density at radius 2 is 2.09 bits per heavy atom. The Labute approximate surface area is 138 Å². The Balaban J connectivity index is 1.77. The van der Waals surface area contributed by atoms with Crippen molar-refractivity contribution in [2.45, 2.75) is 45.3 Å². The number of β-amino-alcohol motifs (C(OH)–C–C–N with tert-alkyl or cyclic N) is 1. The van der Waals surface area contributed by atoms with Crippen LogP contribution in [0.5, 0.6) is 5.75 Å². The molecule has 1 heterocycles. The van der Waals surface area contributed by atoms with Crippen LogP contribution in [0.25, 0.3) is 0 Å². The molecule has 23 heavy (non-hydrogen) atoms. The molecule has 0 amide bonds. The molecular formula is C18H27NO4. The van der Waals surface area contributed by atoms with Crippen molar-refractivity contribution in [1.29, 1.82) is 0 Å². The number of ether oxygens (including phenoxy) is 2. The lowest BCUT2D eigenvalue weighted by Gasteiger charge is -2.34. The molecule has 5 nitrogen and oxygen atoms in total. The van der Waals surface area contributed by atoms with Crippen LogP contribution in [-0.2, 0) is 4.74 Å². The second-order valence-corrected chi connectivity index (χ2v) is 6.05. The van der Waals surface area contributed by atoms with Crippen molar-refractivity contribution in [3.05, 3.63) is 29.8 Å². The van der Waals surface area contributed by atoms with Crippen LogP contribution < -0.4 is 4.74 Å². The largest absolute Gasteiger partial charge is 0.491 e. The Kier molecular flexibility index (Phi) is 6.86. The van der Waals surface area contributed by atoms with Gasteiger partial charge in [0.05, 0.1) is 12.2 Å². The van der Waals surface area contributed by atoms with E-state index in [0.717, 1.165) is 6.54 Å². The molecule has 128 valence electrons. The number of esters is 1. The van der Waals surface area contributed by atoms with Crippen LogP contribution in [0.15, 0.2) is 24.3 Å². The summed E-state index contributed by atoms with van der Waals surface area (Å²) in [5.41, 5.74) is 0.502. The summed E-state index contributed by atoms with van der Waals surface area (Å²) in [6.45, 7) is 6.29. The van der Waals surface area contributed by atoms with E-state index in [1.54, 1.807) is 31.2 Å². The quantitative estimate of drug-likeness (QED) is 0.782. The van der Waals surface area contributed by atoms with E-state index in [1.807, 2.05) is 0 Å². The number of rotatable bonds is 7. The molecule has 0 aromatic heterocycles. The molecule has 0 spiro atoms. The van der Waals surface area contributed by atoms with Gasteiger partial charge in [0.15, 0.2) is 0 Å². The smallest absolute Gasteiger partial charge is 0.338 e. The summed E-state index contributed by atoms with van der Waals surface area (Å²) in [4.78, 5) is 13.9. The first-order chi connectivity index (χ1) is 11.1. The Bertz CT molecular complexity index is 488. The molecule has 1 saturated heterocycles. The maximum absolute atomic E-state index is 11.6. The van der Waals surface area contributed by atoms with Gasteiger partial charge in [-0.05, 0) is 57.5 Å². The van der Waals surface area contributed by atoms with Gasteiger partial charge < -0.3 is 14.6 Å². The SMILES string of the molecule is CCOC(=O)c1ccc(OC[C@@H](O)CN2CCCC[C@@H]2C)cc1. The summed E-state index contributed by atoms with van der Waals surface area (Å²) < 4.78 is 10.5. The molecule has 1 fully saturated rings. The van der Waals surface area contributed by atoms with Crippen LogP contribution >= 0.6 is 0 Å². The number of benzene rings is 1. The molecule has 1 aromatic rings. The highest BCUT2D eigenvalue weighted by atomic mass is 16.5. The predicted molar refractivity (Wildman–Crippen MR) is 88.8 cm³/mol. The minimum absolute atomic E-state index is 0.252. The highest BCUT2D eigenvalue weighted by Crippen LogP contribution is 2.17. The fourth-order valence-electron chi connectivity index (χ4n) is 2.85. The van der Waals surface area contributed by atoms with Gasteiger partial charge in [-0.2, -0.15) is 0 Å². The van der Waals surface area contributed by atoms with Gasteiger partial charge in [0.25, 0.3) is 0 Å². The monoisotopic (exact) mass is 321 g/mol. The molecule has 0 unspecified atom stereocenters. The summed E-state index contributed by atoms with van der Waals surface area (Å²) in [5, 5.41) is 10.2. The van der Waals surface area contributed by atoms with Crippen molar-refractivity contribution in [2.24, 2.45) is 0 Å². The standard InChI is InChI=1S/C18H27NO4/c1-3-22-18(21)15-7-9-17(10-8-15)23-13-16(20)12-19-11-5-4-6-14(19)2/h7-10,14,16,20H,3-6,11-13H2,1-2H3/t14-,16-/m0/s1. The van der Waals surface area contributed by atoms with Gasteiger partial charge in [0.2, 0.25) is 0 Å². The minimum Gasteiger partial charge on any atom is -0.491 e. The zero-order valence-corrected chi connectivity index (χ0v) is 14.0. The lowest BCUT2D eigenvalue weighted by atomic mass is 10.0. The molecule has 0 aliphatic carbocycles. The molecule has 0 saturated carbocycles. The van der Waals surface area contributed by atoms with Crippen molar-refractivity contribution in [1.82, 2.24) is 4.90 Å². The maximum atomic E-state index is 11.6. The number of aliphatic hydroxyl groups is 1. The van der Waals surface area contributed by atoms with Crippen LogP contribution in [0, 0.1) is 0 Å². The van der Waals surface area contributed by atoms with E-state index in [4.69, 9.17) is 9.47 Å². The number of aliphatic hydroxyl groups excluding tert-OH is 1. The van der Waals surface area contributed by atoms with Crippen LogP contribution in [0.2, 0.25) is 0 Å². The molecule has 2 rings (SSSR count). The van der Waals surface area contributed by atoms with E-state index in [0.29, 0.717) is 30.5 Å². The first-order valence-corrected chi connectivity index (χ1v) is 8.42. The Morgan fingerprint density at radius 3 is 2.74 bits per heavy atom. The number of carbonyl (C=O) groups is 1. The van der Waals surface area contributed by atoms with Crippen molar-refractivity contribution in [3.63, 3.8) is 0 Å². The molecule has 1 aliphatic heterocycles. The van der Waals surface area contributed by atoms with Crippen molar-refractivity contribution in [3.8, 4) is 5.75 Å². The second-order valence-electron chi connectivity index (χ2n) is 6.05. The Hall–Kier alpha value is -1.59. The molecule has 0 radical (unpaired) electrons. The maximum Gasteiger partial charge on any atom is 0.338 e. The first kappa shape index (κ1) is 17.8. The Morgan fingerprint density at radius 1 is 1.35 bits per heavy atom. The number of hydrogen-bond acceptors (Lipinski definition) is 5. The van der Waals surface area contributed by atoms with Gasteiger partial charge in [-0.25, -0.2) is 4.79 Å². The third-order valence-corrected chi connectivity index (χ3v) is 4.19. The summed E-state index contributed by atoms with van der Waals surface area (Å²) in [6.07, 6.45) is 3.16. The van der Waals surface area contributed by atoms with E-state index in [2.05, 4.69) is 11.8 Å². The van der Waals surface area contributed by atoms with Gasteiger partial charge in [0.1, 0.15) is 18.5 Å². The predicted octanol–water partition coefficient (Wildman–Crippen LogP) is 2.48. The molecule has 1 N–H and O–H groups in total. The van der Waals surface area contributed by atoms with Gasteiger partial charge in [-0.3, -0.25) is 4.90 Å². The lowest BCUT2D eigenvalue weighted by molar-refractivity contribution is 0.0437. The van der Waals surface area contributed by atoms with E-state index < -0.39 is 6.10 Å². The number of hydrogen-bond donors (Lipinski definition) is 1. The van der Waals surface area contributed by atoms with Gasteiger partial charge in [-0.1, -0.05) is 6.42 Å². The number of piperidine rings is 1. The molecule has 2 atom stereocenters. The average Bonchev–Trinajstić information content (AvgIpc) is 2.56. The van der Waals surface area contributed by atoms with Crippen LogP contribution in [-0.4, -0.2) is 54.4 Å². The molecule has 5 heteroatoms. The first-order valence-electron chi connectivity index (χ1n) is 8.42. The van der Waals surface area contributed by atoms with Crippen LogP contribution in [0.4, 0.5) is 0 Å². The normalized spacial score (nSPS) is 20.0. The van der Waals surface area contributed by atoms with Crippen molar-refractivity contribution < 1.29 is 19.4 Å². The van der Waals surface area contributed by atoms with Gasteiger partial charge in [-0.15, -0.1) is 0 Å². The number of carbonyl (C=O) groups excluding carboxylic acids is 1. The molecular weight excluding hydrogens is 294 g/mol. The molecule has 1 aromatic carbocycles. The van der Waals surface area contributed by atoms with E-state index in [-0.39, 0.29) is 12.6 Å². The zero-order chi connectivity index (χ0) is 16.7. The molecule has 1 aliphatic rings. The topological polar surface area (TPSA) is 59.0 Å². The summed E-state index contributed by atoms with van der Waals surface area (Å²) in [6, 6.07) is 7.33. The van der Waals surface area contributed by atoms with Crippen molar-refractivity contribution in [2.75, 3.05) is 26.3 Å². The van der Waals surface area contributed by atoms with Crippen molar-refractivity contribution >= 4 is 5.97 Å². The van der Waals surface area contributed by atoms with Gasteiger partial charge >= 0.3 is 5.97 Å². The number of likely N-dealkylation sites (tertiary alicyclic amines) is 1. The van der Waals surface area contributed by atoms with E-state index >= 15 is 0 Å². The van der Waals surface area contributed by atoms with E-state index in [1.165, 1.54) is 19.3 Å². The summed E-state index contributed by atoms with van der Waals surface area (Å²) >= 11 is 0. The van der Waals surface area contributed by atoms with Crippen LogP contribution in [0.1, 0.15) is 43.5 Å². The fraction of sp³-hybridized carbons (Fsp3) is 0.611. The minimum atomic E-state index is -0.514. The summed E-state index contributed by atoms with van der Waals surface area (Å²) in [5.74, 6) is 0.307. The average molecular weight is 321 g/mol.